The Kier molecular flexibility index (Phi) is 34.9. The Morgan fingerprint density at radius 3 is 1.60 bits per heavy atom. The van der Waals surface area contributed by atoms with Crippen LogP contribution < -0.4 is 27.2 Å². The number of unbranched alkanes of at least 4 members (excludes halogenated alkanes) is 16. The lowest BCUT2D eigenvalue weighted by molar-refractivity contribution is -0.142. The molecule has 0 aromatic carbocycles. The molecule has 4 unspecified atom stereocenters. The van der Waals surface area contributed by atoms with Crippen molar-refractivity contribution in [2.45, 2.75) is 179 Å². The fraction of sp³-hybridized carbons (Fsp3) is 0.895. The fourth-order valence-corrected chi connectivity index (χ4v) is 5.84. The summed E-state index contributed by atoms with van der Waals surface area (Å²) in [4.78, 5) is 47.0. The Morgan fingerprint density at radius 1 is 0.566 bits per heavy atom. The molecule has 53 heavy (non-hydrogen) atoms. The standard InChI is InChI=1S/C38H75N5O10/c1-31(44)20-16-14-12-10-8-6-4-2-3-5-7-9-11-13-15-17-22-35(46)42-32(37(48)49)23-24-34(45)41-26-27-52-28-29-53-30-36(47)40-25-19-18-21-33(43-39)38(50)51/h31-33,36,40,43-44,47H,2-30,39H2,1H3,(H,41,45)(H,42,46)(H,48,49)(H,50,51). The zero-order valence-electron chi connectivity index (χ0n) is 32.6. The van der Waals surface area contributed by atoms with E-state index < -0.39 is 30.3 Å². The quantitative estimate of drug-likeness (QED) is 0.0187. The lowest BCUT2D eigenvalue weighted by Crippen LogP contribution is -2.41. The molecule has 15 nitrogen and oxygen atoms in total. The van der Waals surface area contributed by atoms with Gasteiger partial charge in [-0.2, -0.15) is 0 Å². The SMILES string of the molecule is CC(O)CCCCCCCCCCCCCCCCCCC(=O)NC(CCC(=O)NCCOCCOCC(O)NCCCCC(NN)C(=O)O)C(=O)O. The first-order valence-corrected chi connectivity index (χ1v) is 20.3. The number of carbonyl (C=O) groups is 4. The molecule has 0 fully saturated rings. The van der Waals surface area contributed by atoms with Crippen molar-refractivity contribution in [1.82, 2.24) is 21.4 Å². The van der Waals surface area contributed by atoms with Gasteiger partial charge in [0.15, 0.2) is 0 Å². The van der Waals surface area contributed by atoms with E-state index in [1.807, 2.05) is 6.92 Å². The molecule has 0 aliphatic heterocycles. The topological polar surface area (TPSA) is 242 Å². The number of rotatable bonds is 40. The van der Waals surface area contributed by atoms with E-state index in [1.165, 1.54) is 70.6 Å². The minimum atomic E-state index is -1.16. The summed E-state index contributed by atoms with van der Waals surface area (Å²) < 4.78 is 10.7. The molecule has 0 heterocycles. The second-order valence-electron chi connectivity index (χ2n) is 14.1. The summed E-state index contributed by atoms with van der Waals surface area (Å²) >= 11 is 0. The molecule has 0 aliphatic rings. The number of ether oxygens (including phenoxy) is 2. The third-order valence-corrected chi connectivity index (χ3v) is 9.08. The zero-order chi connectivity index (χ0) is 39.4. The number of amides is 2. The molecule has 0 spiro atoms. The number of nitrogens with two attached hydrogens (primary N) is 1. The highest BCUT2D eigenvalue weighted by Gasteiger charge is 2.21. The van der Waals surface area contributed by atoms with Crippen LogP contribution in [-0.2, 0) is 28.7 Å². The van der Waals surface area contributed by atoms with Gasteiger partial charge in [-0.3, -0.25) is 25.5 Å². The molecular formula is C38H75N5O10. The predicted octanol–water partition coefficient (Wildman–Crippen LogP) is 3.88. The lowest BCUT2D eigenvalue weighted by atomic mass is 10.0. The lowest BCUT2D eigenvalue weighted by Gasteiger charge is -2.15. The van der Waals surface area contributed by atoms with Crippen LogP contribution in [0.4, 0.5) is 0 Å². The Morgan fingerprint density at radius 2 is 1.08 bits per heavy atom. The van der Waals surface area contributed by atoms with E-state index in [-0.39, 0.29) is 70.2 Å². The van der Waals surface area contributed by atoms with Crippen molar-refractivity contribution in [1.29, 1.82) is 0 Å². The van der Waals surface area contributed by atoms with Gasteiger partial charge < -0.3 is 40.5 Å². The largest absolute Gasteiger partial charge is 0.480 e. The smallest absolute Gasteiger partial charge is 0.326 e. The molecule has 0 rings (SSSR count). The van der Waals surface area contributed by atoms with Crippen LogP contribution in [0.2, 0.25) is 0 Å². The van der Waals surface area contributed by atoms with Gasteiger partial charge >= 0.3 is 11.9 Å². The number of aliphatic carboxylic acids is 2. The van der Waals surface area contributed by atoms with Crippen molar-refractivity contribution >= 4 is 23.8 Å². The van der Waals surface area contributed by atoms with E-state index in [4.69, 9.17) is 20.4 Å². The second-order valence-corrected chi connectivity index (χ2v) is 14.1. The summed E-state index contributed by atoms with van der Waals surface area (Å²) in [7, 11) is 0. The molecule has 4 atom stereocenters. The Bertz CT molecular complexity index is 915. The van der Waals surface area contributed by atoms with Gasteiger partial charge in [0.25, 0.3) is 0 Å². The van der Waals surface area contributed by atoms with E-state index in [9.17, 15) is 34.5 Å². The minimum Gasteiger partial charge on any atom is -0.480 e. The molecule has 0 radical (unpaired) electrons. The van der Waals surface area contributed by atoms with Gasteiger partial charge in [0.2, 0.25) is 11.8 Å². The Balaban J connectivity index is 3.67. The average molecular weight is 762 g/mol. The van der Waals surface area contributed by atoms with E-state index in [2.05, 4.69) is 21.4 Å². The van der Waals surface area contributed by atoms with Crippen molar-refractivity contribution < 1.29 is 49.1 Å². The maximum absolute atomic E-state index is 12.3. The van der Waals surface area contributed by atoms with E-state index >= 15 is 0 Å². The molecule has 312 valence electrons. The molecule has 0 aliphatic carbocycles. The zero-order valence-corrected chi connectivity index (χ0v) is 32.6. The molecule has 10 N–H and O–H groups in total. The first-order chi connectivity index (χ1) is 25.6. The van der Waals surface area contributed by atoms with Gasteiger partial charge in [-0.15, -0.1) is 0 Å². The summed E-state index contributed by atoms with van der Waals surface area (Å²) in [6, 6.07) is -1.91. The van der Waals surface area contributed by atoms with Crippen LogP contribution in [0.25, 0.3) is 0 Å². The van der Waals surface area contributed by atoms with Crippen molar-refractivity contribution in [2.24, 2.45) is 5.84 Å². The first-order valence-electron chi connectivity index (χ1n) is 20.3. The molecule has 0 saturated carbocycles. The molecule has 2 amide bonds. The molecular weight excluding hydrogens is 686 g/mol. The number of hydrazine groups is 1. The van der Waals surface area contributed by atoms with Crippen molar-refractivity contribution in [3.05, 3.63) is 0 Å². The molecule has 15 heteroatoms. The number of hydrogen-bond acceptors (Lipinski definition) is 11. The number of nitrogens with one attached hydrogen (secondary N) is 4. The highest BCUT2D eigenvalue weighted by atomic mass is 16.5. The van der Waals surface area contributed by atoms with Crippen molar-refractivity contribution in [3.8, 4) is 0 Å². The summed E-state index contributed by atoms with van der Waals surface area (Å²) in [5, 5.41) is 45.7. The van der Waals surface area contributed by atoms with Crippen LogP contribution in [0.15, 0.2) is 0 Å². The number of carboxylic acid groups (broad SMARTS) is 2. The number of aliphatic hydroxyl groups excluding tert-OH is 2. The summed E-state index contributed by atoms with van der Waals surface area (Å²) in [5.41, 5.74) is 2.24. The highest BCUT2D eigenvalue weighted by Crippen LogP contribution is 2.15. The van der Waals surface area contributed by atoms with Crippen LogP contribution in [0.3, 0.4) is 0 Å². The van der Waals surface area contributed by atoms with E-state index in [0.717, 1.165) is 32.1 Å². The van der Waals surface area contributed by atoms with Gasteiger partial charge in [0, 0.05) is 19.4 Å². The number of carboxylic acids is 2. The third kappa shape index (κ3) is 35.1. The van der Waals surface area contributed by atoms with Crippen LogP contribution >= 0.6 is 0 Å². The highest BCUT2D eigenvalue weighted by molar-refractivity contribution is 5.84. The van der Waals surface area contributed by atoms with Crippen molar-refractivity contribution in [3.63, 3.8) is 0 Å². The molecule has 0 saturated heterocycles. The van der Waals surface area contributed by atoms with Crippen molar-refractivity contribution in [2.75, 3.05) is 39.5 Å². The normalized spacial score (nSPS) is 13.7. The number of hydrogen-bond donors (Lipinski definition) is 9. The van der Waals surface area contributed by atoms with E-state index in [0.29, 0.717) is 32.2 Å². The second kappa shape index (κ2) is 36.6. The Hall–Kier alpha value is -2.40. The molecule has 0 bridgehead atoms. The van der Waals surface area contributed by atoms with Gasteiger partial charge in [-0.1, -0.05) is 96.3 Å². The summed E-state index contributed by atoms with van der Waals surface area (Å²) in [6.07, 6.45) is 21.0. The maximum Gasteiger partial charge on any atom is 0.326 e. The van der Waals surface area contributed by atoms with Gasteiger partial charge in [-0.25, -0.2) is 10.2 Å². The number of aliphatic hydroxyl groups is 2. The Labute approximate surface area is 318 Å². The van der Waals surface area contributed by atoms with Crippen LogP contribution in [-0.4, -0.2) is 108 Å². The van der Waals surface area contributed by atoms with Gasteiger partial charge in [0.05, 0.1) is 32.5 Å². The minimum absolute atomic E-state index is 0.00268. The fourth-order valence-electron chi connectivity index (χ4n) is 5.84. The third-order valence-electron chi connectivity index (χ3n) is 9.08. The average Bonchev–Trinajstić information content (AvgIpc) is 3.11. The molecule has 0 aromatic rings. The number of carbonyl (C=O) groups excluding carboxylic acids is 2. The predicted molar refractivity (Wildman–Crippen MR) is 205 cm³/mol. The van der Waals surface area contributed by atoms with Gasteiger partial charge in [0.1, 0.15) is 18.3 Å². The van der Waals surface area contributed by atoms with Crippen LogP contribution in [0.1, 0.15) is 155 Å². The monoisotopic (exact) mass is 762 g/mol. The van der Waals surface area contributed by atoms with Crippen LogP contribution in [0.5, 0.6) is 0 Å². The van der Waals surface area contributed by atoms with E-state index in [1.54, 1.807) is 0 Å². The first kappa shape index (κ1) is 50.6. The summed E-state index contributed by atoms with van der Waals surface area (Å²) in [5.74, 6) is 2.38. The van der Waals surface area contributed by atoms with Gasteiger partial charge in [-0.05, 0) is 52.0 Å². The van der Waals surface area contributed by atoms with Crippen LogP contribution in [0, 0.1) is 0 Å². The maximum atomic E-state index is 12.3. The summed E-state index contributed by atoms with van der Waals surface area (Å²) in [6.45, 7) is 3.38. The molecule has 0 aromatic heterocycles.